The van der Waals surface area contributed by atoms with E-state index in [1.54, 1.807) is 6.20 Å². The van der Waals surface area contributed by atoms with Gasteiger partial charge in [0.15, 0.2) is 0 Å². The summed E-state index contributed by atoms with van der Waals surface area (Å²) in [6.07, 6.45) is 9.90. The minimum absolute atomic E-state index is 0.0584. The highest BCUT2D eigenvalue weighted by Gasteiger charge is 2.43. The van der Waals surface area contributed by atoms with Crippen LogP contribution in [0.3, 0.4) is 0 Å². The first-order valence-electron chi connectivity index (χ1n) is 9.84. The summed E-state index contributed by atoms with van der Waals surface area (Å²) in [6.45, 7) is 6.78. The van der Waals surface area contributed by atoms with Crippen molar-refractivity contribution in [3.05, 3.63) is 22.8 Å². The van der Waals surface area contributed by atoms with E-state index in [4.69, 9.17) is 11.6 Å². The molecule has 25 heavy (non-hydrogen) atoms. The van der Waals surface area contributed by atoms with Crippen molar-refractivity contribution in [1.29, 1.82) is 0 Å². The number of anilines is 1. The summed E-state index contributed by atoms with van der Waals surface area (Å²) in [5, 5.41) is 10.5. The predicted molar refractivity (Wildman–Crippen MR) is 102 cm³/mol. The smallest absolute Gasteiger partial charge is 0.131 e. The van der Waals surface area contributed by atoms with Gasteiger partial charge in [0.2, 0.25) is 0 Å². The Kier molecular flexibility index (Phi) is 4.96. The number of aliphatic hydroxyl groups excluding tert-OH is 1. The van der Waals surface area contributed by atoms with Gasteiger partial charge in [-0.3, -0.25) is 4.90 Å². The van der Waals surface area contributed by atoms with Crippen LogP contribution in [0.4, 0.5) is 5.82 Å². The van der Waals surface area contributed by atoms with Gasteiger partial charge < -0.3 is 10.0 Å². The third-order valence-corrected chi connectivity index (χ3v) is 6.84. The van der Waals surface area contributed by atoms with Gasteiger partial charge in [-0.2, -0.15) is 0 Å². The van der Waals surface area contributed by atoms with Gasteiger partial charge in [0.1, 0.15) is 5.82 Å². The number of aromatic nitrogens is 1. The van der Waals surface area contributed by atoms with Crippen LogP contribution in [0.2, 0.25) is 5.02 Å². The van der Waals surface area contributed by atoms with Gasteiger partial charge in [-0.1, -0.05) is 11.6 Å². The van der Waals surface area contributed by atoms with Crippen LogP contribution in [0.15, 0.2) is 12.3 Å². The van der Waals surface area contributed by atoms with Crippen molar-refractivity contribution in [3.8, 4) is 0 Å². The SMILES string of the molecule is Cc1cc(Cl)cnc1N1CCC[C@]2(CCN([C@H]3CC[C@@H](O)CC3)C2)C1. The number of nitrogens with zero attached hydrogens (tertiary/aromatic N) is 3. The summed E-state index contributed by atoms with van der Waals surface area (Å²) in [6, 6.07) is 2.72. The summed E-state index contributed by atoms with van der Waals surface area (Å²) < 4.78 is 0. The molecular formula is C20H30ClN3O. The molecular weight excluding hydrogens is 334 g/mol. The summed E-state index contributed by atoms with van der Waals surface area (Å²) in [5.41, 5.74) is 1.60. The summed E-state index contributed by atoms with van der Waals surface area (Å²) in [7, 11) is 0. The van der Waals surface area contributed by atoms with Crippen molar-refractivity contribution < 1.29 is 5.11 Å². The maximum atomic E-state index is 9.78. The van der Waals surface area contributed by atoms with Crippen LogP contribution in [-0.2, 0) is 0 Å². The lowest BCUT2D eigenvalue weighted by atomic mass is 9.79. The molecule has 2 saturated heterocycles. The molecule has 3 aliphatic rings. The number of pyridine rings is 1. The molecule has 1 aromatic rings. The number of rotatable bonds is 2. The average Bonchev–Trinajstić information content (AvgIpc) is 2.99. The molecule has 1 atom stereocenters. The van der Waals surface area contributed by atoms with E-state index in [1.165, 1.54) is 50.8 Å². The number of hydrogen-bond donors (Lipinski definition) is 1. The van der Waals surface area contributed by atoms with Crippen LogP contribution < -0.4 is 4.90 Å². The lowest BCUT2D eigenvalue weighted by Gasteiger charge is -2.42. The van der Waals surface area contributed by atoms with Crippen LogP contribution in [-0.4, -0.2) is 53.3 Å². The van der Waals surface area contributed by atoms with Gasteiger partial charge in [-0.15, -0.1) is 0 Å². The molecule has 3 fully saturated rings. The fourth-order valence-corrected chi connectivity index (χ4v) is 5.50. The third-order valence-electron chi connectivity index (χ3n) is 6.63. The van der Waals surface area contributed by atoms with Gasteiger partial charge >= 0.3 is 0 Å². The van der Waals surface area contributed by atoms with Crippen molar-refractivity contribution in [1.82, 2.24) is 9.88 Å². The minimum Gasteiger partial charge on any atom is -0.393 e. The topological polar surface area (TPSA) is 39.6 Å². The number of likely N-dealkylation sites (tertiary alicyclic amines) is 1. The molecule has 0 amide bonds. The fourth-order valence-electron chi connectivity index (χ4n) is 5.29. The molecule has 3 heterocycles. The Balaban J connectivity index is 1.44. The molecule has 0 radical (unpaired) electrons. The van der Waals surface area contributed by atoms with Crippen LogP contribution in [0.25, 0.3) is 0 Å². The zero-order valence-electron chi connectivity index (χ0n) is 15.3. The molecule has 4 rings (SSSR count). The second kappa shape index (κ2) is 7.05. The molecule has 5 heteroatoms. The van der Waals surface area contributed by atoms with E-state index in [9.17, 15) is 5.11 Å². The zero-order chi connectivity index (χ0) is 17.4. The highest BCUT2D eigenvalue weighted by Crippen LogP contribution is 2.42. The lowest BCUT2D eigenvalue weighted by Crippen LogP contribution is -2.47. The quantitative estimate of drug-likeness (QED) is 0.870. The summed E-state index contributed by atoms with van der Waals surface area (Å²) in [4.78, 5) is 9.83. The maximum Gasteiger partial charge on any atom is 0.131 e. The first-order valence-corrected chi connectivity index (χ1v) is 10.2. The zero-order valence-corrected chi connectivity index (χ0v) is 16.0. The third kappa shape index (κ3) is 3.67. The Labute approximate surface area is 156 Å². The normalized spacial score (nSPS) is 34.0. The van der Waals surface area contributed by atoms with E-state index in [1.807, 2.05) is 6.07 Å². The highest BCUT2D eigenvalue weighted by molar-refractivity contribution is 6.30. The molecule has 2 aliphatic heterocycles. The van der Waals surface area contributed by atoms with Gasteiger partial charge in [0.05, 0.1) is 11.1 Å². The Morgan fingerprint density at radius 1 is 1.16 bits per heavy atom. The van der Waals surface area contributed by atoms with Gasteiger partial charge in [0.25, 0.3) is 0 Å². The lowest BCUT2D eigenvalue weighted by molar-refractivity contribution is 0.0770. The van der Waals surface area contributed by atoms with E-state index in [-0.39, 0.29) is 6.10 Å². The van der Waals surface area contributed by atoms with Crippen LogP contribution >= 0.6 is 11.6 Å². The highest BCUT2D eigenvalue weighted by atomic mass is 35.5. The molecule has 4 nitrogen and oxygen atoms in total. The van der Waals surface area contributed by atoms with Crippen LogP contribution in [0, 0.1) is 12.3 Å². The monoisotopic (exact) mass is 363 g/mol. The van der Waals surface area contributed by atoms with E-state index in [0.717, 1.165) is 36.8 Å². The van der Waals surface area contributed by atoms with Gasteiger partial charge in [0, 0.05) is 37.3 Å². The maximum absolute atomic E-state index is 9.78. The molecule has 0 unspecified atom stereocenters. The molecule has 0 bridgehead atoms. The molecule has 1 aromatic heterocycles. The number of halogens is 1. The van der Waals surface area contributed by atoms with Crippen molar-refractivity contribution >= 4 is 17.4 Å². The molecule has 1 aliphatic carbocycles. The molecule has 1 saturated carbocycles. The summed E-state index contributed by atoms with van der Waals surface area (Å²) in [5.74, 6) is 1.11. The number of aryl methyl sites for hydroxylation is 1. The van der Waals surface area contributed by atoms with Crippen molar-refractivity contribution in [2.24, 2.45) is 5.41 Å². The molecule has 1 spiro atoms. The Morgan fingerprint density at radius 2 is 1.96 bits per heavy atom. The van der Waals surface area contributed by atoms with Gasteiger partial charge in [-0.25, -0.2) is 4.98 Å². The second-order valence-electron chi connectivity index (χ2n) is 8.50. The Morgan fingerprint density at radius 3 is 2.72 bits per heavy atom. The van der Waals surface area contributed by atoms with E-state index in [0.29, 0.717) is 11.5 Å². The van der Waals surface area contributed by atoms with E-state index in [2.05, 4.69) is 21.7 Å². The van der Waals surface area contributed by atoms with Crippen LogP contribution in [0.1, 0.15) is 50.5 Å². The number of aliphatic hydroxyl groups is 1. The van der Waals surface area contributed by atoms with Gasteiger partial charge in [-0.05, 0) is 70.0 Å². The van der Waals surface area contributed by atoms with Crippen molar-refractivity contribution in [3.63, 3.8) is 0 Å². The van der Waals surface area contributed by atoms with Crippen molar-refractivity contribution in [2.45, 2.75) is 64.0 Å². The fraction of sp³-hybridized carbons (Fsp3) is 0.750. The largest absolute Gasteiger partial charge is 0.393 e. The Bertz CT molecular complexity index is 617. The first kappa shape index (κ1) is 17.6. The average molecular weight is 364 g/mol. The number of piperidine rings is 1. The first-order chi connectivity index (χ1) is 12.0. The van der Waals surface area contributed by atoms with Crippen LogP contribution in [0.5, 0.6) is 0 Å². The standard InChI is InChI=1S/C20H30ClN3O/c1-15-11-16(21)12-22-19(15)24-9-2-7-20(14-24)8-10-23(13-20)17-3-5-18(25)6-4-17/h11-12,17-18,25H,2-10,13-14H2,1H3/t17-,18+,20-/m1/s1. The summed E-state index contributed by atoms with van der Waals surface area (Å²) >= 11 is 6.09. The molecule has 1 N–H and O–H groups in total. The predicted octanol–water partition coefficient (Wildman–Crippen LogP) is 3.64. The Hall–Kier alpha value is -0.840. The van der Waals surface area contributed by atoms with E-state index < -0.39 is 0 Å². The molecule has 138 valence electrons. The molecule has 0 aromatic carbocycles. The van der Waals surface area contributed by atoms with Crippen molar-refractivity contribution in [2.75, 3.05) is 31.1 Å². The van der Waals surface area contributed by atoms with E-state index >= 15 is 0 Å². The second-order valence-corrected chi connectivity index (χ2v) is 8.94. The number of hydrogen-bond acceptors (Lipinski definition) is 4. The minimum atomic E-state index is -0.0584.